The number of alkyl halides is 2. The van der Waals surface area contributed by atoms with E-state index in [0.29, 0.717) is 6.54 Å². The summed E-state index contributed by atoms with van der Waals surface area (Å²) in [5, 5.41) is 2.79. The van der Waals surface area contributed by atoms with E-state index in [1.165, 1.54) is 0 Å². The zero-order valence-corrected chi connectivity index (χ0v) is 12.1. The number of hydrogen-bond donors (Lipinski definition) is 2. The molecule has 1 fully saturated rings. The minimum Gasteiger partial charge on any atom is -0.354 e. The first-order valence-electron chi connectivity index (χ1n) is 7.00. The third-order valence-corrected chi connectivity index (χ3v) is 3.50. The molecular formula is C14H26F2N2O. The van der Waals surface area contributed by atoms with Gasteiger partial charge in [-0.05, 0) is 24.7 Å². The quantitative estimate of drug-likeness (QED) is 0.829. The largest absolute Gasteiger partial charge is 0.354 e. The van der Waals surface area contributed by atoms with E-state index in [-0.39, 0.29) is 49.0 Å². The Morgan fingerprint density at radius 3 is 2.37 bits per heavy atom. The van der Waals surface area contributed by atoms with Gasteiger partial charge in [0.25, 0.3) is 0 Å². The third-order valence-electron chi connectivity index (χ3n) is 3.50. The van der Waals surface area contributed by atoms with Gasteiger partial charge in [0, 0.05) is 31.3 Å². The van der Waals surface area contributed by atoms with Gasteiger partial charge in [-0.2, -0.15) is 0 Å². The van der Waals surface area contributed by atoms with Crippen molar-refractivity contribution in [3.05, 3.63) is 0 Å². The molecule has 5 heteroatoms. The van der Waals surface area contributed by atoms with Gasteiger partial charge >= 0.3 is 0 Å². The van der Waals surface area contributed by atoms with Gasteiger partial charge in [0.1, 0.15) is 0 Å². The van der Waals surface area contributed by atoms with Gasteiger partial charge in [-0.3, -0.25) is 4.79 Å². The summed E-state index contributed by atoms with van der Waals surface area (Å²) < 4.78 is 26.0. The molecule has 0 saturated heterocycles. The molecule has 1 aliphatic carbocycles. The smallest absolute Gasteiger partial charge is 0.248 e. The Morgan fingerprint density at radius 2 is 1.89 bits per heavy atom. The topological polar surface area (TPSA) is 55.1 Å². The van der Waals surface area contributed by atoms with Crippen molar-refractivity contribution in [1.82, 2.24) is 5.32 Å². The second kappa shape index (κ2) is 6.16. The molecule has 0 aromatic carbocycles. The van der Waals surface area contributed by atoms with Crippen molar-refractivity contribution in [1.29, 1.82) is 0 Å². The lowest BCUT2D eigenvalue weighted by molar-refractivity contribution is -0.129. The highest BCUT2D eigenvalue weighted by Crippen LogP contribution is 2.36. The molecule has 1 atom stereocenters. The summed E-state index contributed by atoms with van der Waals surface area (Å²) in [5.74, 6) is -2.99. The Bertz CT molecular complexity index is 303. The normalized spacial score (nSPS) is 22.0. The first kappa shape index (κ1) is 16.3. The lowest BCUT2D eigenvalue weighted by Crippen LogP contribution is -2.43. The molecule has 19 heavy (non-hydrogen) atoms. The Balaban J connectivity index is 2.29. The van der Waals surface area contributed by atoms with E-state index in [0.717, 1.165) is 6.42 Å². The summed E-state index contributed by atoms with van der Waals surface area (Å²) in [7, 11) is 0. The van der Waals surface area contributed by atoms with Crippen molar-refractivity contribution in [2.24, 2.45) is 17.1 Å². The van der Waals surface area contributed by atoms with Crippen LogP contribution in [0.2, 0.25) is 0 Å². The van der Waals surface area contributed by atoms with E-state index in [1.54, 1.807) is 0 Å². The minimum absolute atomic E-state index is 0.0889. The molecule has 0 aromatic rings. The van der Waals surface area contributed by atoms with E-state index in [9.17, 15) is 13.6 Å². The number of hydrogen-bond acceptors (Lipinski definition) is 2. The number of carbonyl (C=O) groups is 1. The second-order valence-corrected chi connectivity index (χ2v) is 6.90. The highest BCUT2D eigenvalue weighted by atomic mass is 19.3. The highest BCUT2D eigenvalue weighted by molar-refractivity contribution is 5.78. The summed E-state index contributed by atoms with van der Waals surface area (Å²) in [4.78, 5) is 11.9. The van der Waals surface area contributed by atoms with Crippen molar-refractivity contribution in [2.45, 2.75) is 64.8 Å². The Morgan fingerprint density at radius 1 is 1.37 bits per heavy atom. The van der Waals surface area contributed by atoms with Crippen LogP contribution >= 0.6 is 0 Å². The maximum absolute atomic E-state index is 13.0. The van der Waals surface area contributed by atoms with E-state index >= 15 is 0 Å². The molecule has 0 bridgehead atoms. The van der Waals surface area contributed by atoms with Crippen molar-refractivity contribution in [3.8, 4) is 0 Å². The molecule has 112 valence electrons. The molecule has 1 unspecified atom stereocenters. The zero-order valence-electron chi connectivity index (χ0n) is 12.1. The van der Waals surface area contributed by atoms with Gasteiger partial charge in [-0.15, -0.1) is 0 Å². The number of amides is 1. The molecule has 0 radical (unpaired) electrons. The monoisotopic (exact) mass is 276 g/mol. The van der Waals surface area contributed by atoms with Crippen molar-refractivity contribution >= 4 is 5.91 Å². The van der Waals surface area contributed by atoms with Gasteiger partial charge in [0.2, 0.25) is 11.8 Å². The maximum Gasteiger partial charge on any atom is 0.248 e. The number of nitrogens with two attached hydrogens (primary N) is 1. The van der Waals surface area contributed by atoms with Crippen LogP contribution in [0.1, 0.15) is 52.9 Å². The highest BCUT2D eigenvalue weighted by Gasteiger charge is 2.37. The fraction of sp³-hybridized carbons (Fsp3) is 0.929. The van der Waals surface area contributed by atoms with E-state index < -0.39 is 5.92 Å². The predicted octanol–water partition coefficient (Wildman–Crippen LogP) is 2.69. The number of carbonyl (C=O) groups excluding carboxylic acids is 1. The van der Waals surface area contributed by atoms with Crippen LogP contribution in [0, 0.1) is 11.3 Å². The van der Waals surface area contributed by atoms with Gasteiger partial charge < -0.3 is 11.1 Å². The van der Waals surface area contributed by atoms with Crippen LogP contribution in [0.4, 0.5) is 8.78 Å². The van der Waals surface area contributed by atoms with Crippen LogP contribution in [0.5, 0.6) is 0 Å². The van der Waals surface area contributed by atoms with Crippen LogP contribution in [0.25, 0.3) is 0 Å². The van der Waals surface area contributed by atoms with Gasteiger partial charge in [-0.25, -0.2) is 8.78 Å². The molecule has 0 spiro atoms. The fourth-order valence-corrected chi connectivity index (χ4v) is 2.54. The van der Waals surface area contributed by atoms with Crippen molar-refractivity contribution in [2.75, 3.05) is 6.54 Å². The Labute approximate surface area is 114 Å². The predicted molar refractivity (Wildman–Crippen MR) is 72.0 cm³/mol. The van der Waals surface area contributed by atoms with Crippen molar-refractivity contribution in [3.63, 3.8) is 0 Å². The maximum atomic E-state index is 13.0. The molecule has 1 saturated carbocycles. The lowest BCUT2D eigenvalue weighted by atomic mass is 9.86. The van der Waals surface area contributed by atoms with Gasteiger partial charge in [0.05, 0.1) is 0 Å². The summed E-state index contributed by atoms with van der Waals surface area (Å²) in [6.45, 7) is 6.71. The molecule has 3 N–H and O–H groups in total. The molecule has 1 aliphatic rings. The Kier molecular flexibility index (Phi) is 5.30. The van der Waals surface area contributed by atoms with Crippen molar-refractivity contribution < 1.29 is 13.6 Å². The summed E-state index contributed by atoms with van der Waals surface area (Å²) >= 11 is 0. The second-order valence-electron chi connectivity index (χ2n) is 6.90. The van der Waals surface area contributed by atoms with Crippen LogP contribution in [-0.2, 0) is 4.79 Å². The van der Waals surface area contributed by atoms with Crippen LogP contribution in [0.15, 0.2) is 0 Å². The molecule has 0 aromatic heterocycles. The SMILES string of the molecule is CC(C)(C)CC(N)CNC(=O)C1CCC(F)(F)CC1. The van der Waals surface area contributed by atoms with E-state index in [1.807, 2.05) is 0 Å². The number of nitrogens with one attached hydrogen (secondary N) is 1. The summed E-state index contributed by atoms with van der Waals surface area (Å²) in [6.07, 6.45) is 0.995. The minimum atomic E-state index is -2.58. The van der Waals surface area contributed by atoms with Crippen LogP contribution < -0.4 is 11.1 Å². The van der Waals surface area contributed by atoms with E-state index in [2.05, 4.69) is 26.1 Å². The summed E-state index contributed by atoms with van der Waals surface area (Å²) in [6, 6.07) is -0.0889. The number of halogens is 2. The first-order valence-corrected chi connectivity index (χ1v) is 7.00. The van der Waals surface area contributed by atoms with Gasteiger partial charge in [-0.1, -0.05) is 20.8 Å². The number of rotatable bonds is 4. The van der Waals surface area contributed by atoms with Crippen LogP contribution in [-0.4, -0.2) is 24.4 Å². The third kappa shape index (κ3) is 6.32. The molecular weight excluding hydrogens is 250 g/mol. The lowest BCUT2D eigenvalue weighted by Gasteiger charge is -2.28. The average Bonchev–Trinajstić information content (AvgIpc) is 2.23. The molecule has 0 heterocycles. The Hall–Kier alpha value is -0.710. The van der Waals surface area contributed by atoms with Crippen LogP contribution in [0.3, 0.4) is 0 Å². The molecule has 3 nitrogen and oxygen atoms in total. The fourth-order valence-electron chi connectivity index (χ4n) is 2.54. The molecule has 0 aliphatic heterocycles. The molecule has 1 rings (SSSR count). The standard InChI is InChI=1S/C14H26F2N2O/c1-13(2,3)8-11(17)9-18-12(19)10-4-6-14(15,16)7-5-10/h10-11H,4-9,17H2,1-3H3,(H,18,19). The van der Waals surface area contributed by atoms with Gasteiger partial charge in [0.15, 0.2) is 0 Å². The average molecular weight is 276 g/mol. The molecule has 1 amide bonds. The van der Waals surface area contributed by atoms with E-state index in [4.69, 9.17) is 5.73 Å². The first-order chi connectivity index (χ1) is 8.59. The zero-order chi connectivity index (χ0) is 14.7. The summed E-state index contributed by atoms with van der Waals surface area (Å²) in [5.41, 5.74) is 6.07.